The smallest absolute Gasteiger partial charge is 0.137 e. The number of halogens is 1. The third-order valence-electron chi connectivity index (χ3n) is 1.34. The zero-order valence-corrected chi connectivity index (χ0v) is 7.71. The van der Waals surface area contributed by atoms with Gasteiger partial charge in [-0.05, 0) is 19.1 Å². The Bertz CT molecular complexity index is 250. The highest BCUT2D eigenvalue weighted by Crippen LogP contribution is 2.22. The molecule has 1 aromatic carbocycles. The molecule has 0 aromatic heterocycles. The Morgan fingerprint density at radius 2 is 2.17 bits per heavy atom. The Hall–Kier alpha value is -0.730. The molecule has 2 N–H and O–H groups in total. The fourth-order valence-corrected chi connectivity index (χ4v) is 0.973. The molecule has 1 aromatic rings. The van der Waals surface area contributed by atoms with Gasteiger partial charge in [0.25, 0.3) is 0 Å². The highest BCUT2D eigenvalue weighted by atomic mass is 35.5. The quantitative estimate of drug-likeness (QED) is 0.783. The van der Waals surface area contributed by atoms with Crippen LogP contribution in [-0.4, -0.2) is 12.6 Å². The van der Waals surface area contributed by atoms with Crippen LogP contribution in [0.3, 0.4) is 0 Å². The van der Waals surface area contributed by atoms with E-state index >= 15 is 0 Å². The van der Waals surface area contributed by atoms with E-state index < -0.39 is 0 Å². The second-order valence-electron chi connectivity index (χ2n) is 2.72. The molecule has 12 heavy (non-hydrogen) atoms. The van der Waals surface area contributed by atoms with Gasteiger partial charge in [-0.25, -0.2) is 0 Å². The predicted octanol–water partition coefficient (Wildman–Crippen LogP) is 2.07. The van der Waals surface area contributed by atoms with Crippen LogP contribution < -0.4 is 10.5 Å². The molecule has 2 nitrogen and oxygen atoms in total. The zero-order valence-electron chi connectivity index (χ0n) is 6.96. The van der Waals surface area contributed by atoms with Gasteiger partial charge >= 0.3 is 0 Å². The molecule has 0 heterocycles. The molecular formula is C9H12ClNO. The third kappa shape index (κ3) is 2.72. The Morgan fingerprint density at radius 1 is 1.50 bits per heavy atom. The molecule has 1 atom stereocenters. The Labute approximate surface area is 77.3 Å². The van der Waals surface area contributed by atoms with E-state index in [2.05, 4.69) is 0 Å². The van der Waals surface area contributed by atoms with Gasteiger partial charge in [-0.2, -0.15) is 0 Å². The SMILES string of the molecule is C[C@@H](N)COc1ccccc1Cl. The summed E-state index contributed by atoms with van der Waals surface area (Å²) in [6.07, 6.45) is 0. The molecule has 0 spiro atoms. The van der Waals surface area contributed by atoms with Gasteiger partial charge in [0, 0.05) is 6.04 Å². The van der Waals surface area contributed by atoms with E-state index in [9.17, 15) is 0 Å². The number of hydrogen-bond acceptors (Lipinski definition) is 2. The van der Waals surface area contributed by atoms with Crippen LogP contribution >= 0.6 is 11.6 Å². The first-order valence-electron chi connectivity index (χ1n) is 3.83. The summed E-state index contributed by atoms with van der Waals surface area (Å²) in [6.45, 7) is 2.38. The van der Waals surface area contributed by atoms with E-state index in [0.29, 0.717) is 17.4 Å². The van der Waals surface area contributed by atoms with Crippen molar-refractivity contribution < 1.29 is 4.74 Å². The van der Waals surface area contributed by atoms with Crippen molar-refractivity contribution in [1.29, 1.82) is 0 Å². The lowest BCUT2D eigenvalue weighted by Crippen LogP contribution is -2.23. The van der Waals surface area contributed by atoms with Crippen molar-refractivity contribution in [3.63, 3.8) is 0 Å². The molecule has 0 saturated heterocycles. The second-order valence-corrected chi connectivity index (χ2v) is 3.13. The molecule has 0 bridgehead atoms. The highest BCUT2D eigenvalue weighted by molar-refractivity contribution is 6.32. The van der Waals surface area contributed by atoms with Crippen LogP contribution in [0.15, 0.2) is 24.3 Å². The van der Waals surface area contributed by atoms with Crippen molar-refractivity contribution in [2.45, 2.75) is 13.0 Å². The van der Waals surface area contributed by atoms with Crippen molar-refractivity contribution in [3.05, 3.63) is 29.3 Å². The van der Waals surface area contributed by atoms with Crippen LogP contribution in [0.5, 0.6) is 5.75 Å². The van der Waals surface area contributed by atoms with E-state index in [4.69, 9.17) is 22.1 Å². The number of ether oxygens (including phenoxy) is 1. The molecule has 0 saturated carbocycles. The molecule has 0 aliphatic rings. The predicted molar refractivity (Wildman–Crippen MR) is 50.6 cm³/mol. The first kappa shape index (κ1) is 9.36. The standard InChI is InChI=1S/C9H12ClNO/c1-7(11)6-12-9-5-3-2-4-8(9)10/h2-5,7H,6,11H2,1H3/t7-/m1/s1. The molecule has 0 aliphatic carbocycles. The van der Waals surface area contributed by atoms with Crippen molar-refractivity contribution in [1.82, 2.24) is 0 Å². The van der Waals surface area contributed by atoms with Crippen molar-refractivity contribution >= 4 is 11.6 Å². The van der Waals surface area contributed by atoms with Crippen molar-refractivity contribution in [2.24, 2.45) is 5.73 Å². The fraction of sp³-hybridized carbons (Fsp3) is 0.333. The summed E-state index contributed by atoms with van der Waals surface area (Å²) < 4.78 is 5.34. The minimum absolute atomic E-state index is 0.0290. The fourth-order valence-electron chi connectivity index (χ4n) is 0.783. The van der Waals surface area contributed by atoms with E-state index in [0.717, 1.165) is 0 Å². The van der Waals surface area contributed by atoms with Gasteiger partial charge in [-0.1, -0.05) is 23.7 Å². The maximum absolute atomic E-state index is 5.84. The summed E-state index contributed by atoms with van der Waals surface area (Å²) >= 11 is 5.84. The minimum atomic E-state index is 0.0290. The van der Waals surface area contributed by atoms with Crippen molar-refractivity contribution in [2.75, 3.05) is 6.61 Å². The number of rotatable bonds is 3. The number of para-hydroxylation sites is 1. The summed E-state index contributed by atoms with van der Waals surface area (Å²) in [5.74, 6) is 0.691. The lowest BCUT2D eigenvalue weighted by molar-refractivity contribution is 0.296. The summed E-state index contributed by atoms with van der Waals surface area (Å²) in [6, 6.07) is 7.38. The summed E-state index contributed by atoms with van der Waals surface area (Å²) in [4.78, 5) is 0. The second kappa shape index (κ2) is 4.33. The van der Waals surface area contributed by atoms with Crippen LogP contribution in [0.1, 0.15) is 6.92 Å². The van der Waals surface area contributed by atoms with Gasteiger partial charge in [0.2, 0.25) is 0 Å². The molecule has 0 amide bonds. The Balaban J connectivity index is 2.57. The number of nitrogens with two attached hydrogens (primary N) is 1. The molecular weight excluding hydrogens is 174 g/mol. The van der Waals surface area contributed by atoms with Gasteiger partial charge in [0.1, 0.15) is 12.4 Å². The van der Waals surface area contributed by atoms with Crippen LogP contribution in [-0.2, 0) is 0 Å². The number of hydrogen-bond donors (Lipinski definition) is 1. The average Bonchev–Trinajstić information content (AvgIpc) is 2.03. The lowest BCUT2D eigenvalue weighted by atomic mass is 10.3. The molecule has 0 unspecified atom stereocenters. The van der Waals surface area contributed by atoms with Crippen LogP contribution in [0, 0.1) is 0 Å². The molecule has 66 valence electrons. The van der Waals surface area contributed by atoms with Gasteiger partial charge in [-0.15, -0.1) is 0 Å². The Morgan fingerprint density at radius 3 is 2.75 bits per heavy atom. The van der Waals surface area contributed by atoms with Crippen LogP contribution in [0.25, 0.3) is 0 Å². The normalized spacial score (nSPS) is 12.6. The molecule has 0 fully saturated rings. The van der Waals surface area contributed by atoms with E-state index in [-0.39, 0.29) is 6.04 Å². The average molecular weight is 186 g/mol. The minimum Gasteiger partial charge on any atom is -0.490 e. The first-order valence-corrected chi connectivity index (χ1v) is 4.21. The maximum Gasteiger partial charge on any atom is 0.137 e. The van der Waals surface area contributed by atoms with Gasteiger partial charge in [0.15, 0.2) is 0 Å². The first-order chi connectivity index (χ1) is 5.70. The lowest BCUT2D eigenvalue weighted by Gasteiger charge is -2.09. The highest BCUT2D eigenvalue weighted by Gasteiger charge is 2.00. The van der Waals surface area contributed by atoms with Crippen LogP contribution in [0.4, 0.5) is 0 Å². The number of benzene rings is 1. The maximum atomic E-state index is 5.84. The largest absolute Gasteiger partial charge is 0.490 e. The zero-order chi connectivity index (χ0) is 8.97. The summed E-state index contributed by atoms with van der Waals surface area (Å²) in [7, 11) is 0. The van der Waals surface area contributed by atoms with E-state index in [1.807, 2.05) is 25.1 Å². The van der Waals surface area contributed by atoms with Gasteiger partial charge in [0.05, 0.1) is 5.02 Å². The van der Waals surface area contributed by atoms with Crippen LogP contribution in [0.2, 0.25) is 5.02 Å². The van der Waals surface area contributed by atoms with Crippen molar-refractivity contribution in [3.8, 4) is 5.75 Å². The van der Waals surface area contributed by atoms with Gasteiger partial charge < -0.3 is 10.5 Å². The molecule has 0 aliphatic heterocycles. The summed E-state index contributed by atoms with van der Waals surface area (Å²) in [5.41, 5.74) is 5.52. The Kier molecular flexibility index (Phi) is 3.38. The monoisotopic (exact) mass is 185 g/mol. The van der Waals surface area contributed by atoms with E-state index in [1.165, 1.54) is 0 Å². The molecule has 1 rings (SSSR count). The third-order valence-corrected chi connectivity index (χ3v) is 1.65. The van der Waals surface area contributed by atoms with E-state index in [1.54, 1.807) is 6.07 Å². The topological polar surface area (TPSA) is 35.2 Å². The summed E-state index contributed by atoms with van der Waals surface area (Å²) in [5, 5.41) is 0.623. The van der Waals surface area contributed by atoms with Gasteiger partial charge in [-0.3, -0.25) is 0 Å². The molecule has 3 heteroatoms. The molecule has 0 radical (unpaired) electrons.